The highest BCUT2D eigenvalue weighted by Gasteiger charge is 2.64. The Morgan fingerprint density at radius 2 is 0.792 bits per heavy atom. The Hall–Kier alpha value is -4.40. The Balaban J connectivity index is 0.000000480. The minimum absolute atomic E-state index is 0.0162. The summed E-state index contributed by atoms with van der Waals surface area (Å²) in [7, 11) is 0. The highest BCUT2D eigenvalue weighted by Crippen LogP contribution is 2.60. The van der Waals surface area contributed by atoms with Gasteiger partial charge in [-0.25, -0.2) is 0 Å². The van der Waals surface area contributed by atoms with Gasteiger partial charge in [-0.2, -0.15) is 0 Å². The molecule has 0 heterocycles. The zero-order valence-corrected chi connectivity index (χ0v) is 26.2. The third kappa shape index (κ3) is 11.7. The van der Waals surface area contributed by atoms with Gasteiger partial charge in [-0.15, -0.1) is 0 Å². The molecule has 20 heteroatoms. The molecule has 0 aromatic rings. The minimum atomic E-state index is -1.91. The molecule has 2 saturated carbocycles. The maximum Gasteiger partial charge on any atom is 0.317 e. The van der Waals surface area contributed by atoms with Gasteiger partial charge in [-0.3, -0.25) is 48.2 Å². The summed E-state index contributed by atoms with van der Waals surface area (Å²) in [5.41, 5.74) is 6.68. The topological polar surface area (TPSA) is 357 Å². The number of carboxylic acid groups (broad SMARTS) is 8. The average Bonchev–Trinajstić information content (AvgIpc) is 2.89. The van der Waals surface area contributed by atoms with Crippen molar-refractivity contribution in [3.05, 3.63) is 0 Å². The van der Waals surface area contributed by atoms with E-state index in [4.69, 9.17) is 31.9 Å². The zero-order valence-electron chi connectivity index (χ0n) is 26.2. The van der Waals surface area contributed by atoms with Gasteiger partial charge in [0.25, 0.3) is 0 Å². The van der Waals surface area contributed by atoms with Crippen LogP contribution < -0.4 is 11.5 Å². The number of aliphatic carboxylic acids is 8. The summed E-state index contributed by atoms with van der Waals surface area (Å²) in [5.74, 6) is -10.3. The molecule has 2 aliphatic rings. The Kier molecular flexibility index (Phi) is 15.3. The lowest BCUT2D eigenvalue weighted by Gasteiger charge is -2.59. The number of rotatable bonds is 18. The molecule has 0 aromatic heterocycles. The average molecular weight is 693 g/mol. The van der Waals surface area contributed by atoms with Crippen molar-refractivity contribution >= 4 is 47.8 Å². The van der Waals surface area contributed by atoms with Crippen LogP contribution >= 0.6 is 0 Å². The summed E-state index contributed by atoms with van der Waals surface area (Å²) in [6, 6.07) is -1.05. The van der Waals surface area contributed by atoms with Crippen LogP contribution in [0, 0.1) is 10.8 Å². The first-order valence-electron chi connectivity index (χ1n) is 14.9. The van der Waals surface area contributed by atoms with E-state index in [0.717, 1.165) is 12.8 Å². The first-order chi connectivity index (χ1) is 22.1. The second-order valence-corrected chi connectivity index (χ2v) is 12.3. The second kappa shape index (κ2) is 17.7. The lowest BCUT2D eigenvalue weighted by molar-refractivity contribution is -0.176. The Labute approximate surface area is 273 Å². The smallest absolute Gasteiger partial charge is 0.317 e. The number of carboxylic acids is 8. The fourth-order valence-corrected chi connectivity index (χ4v) is 7.35. The van der Waals surface area contributed by atoms with E-state index in [9.17, 15) is 58.8 Å². The van der Waals surface area contributed by atoms with Crippen molar-refractivity contribution < 1.29 is 79.2 Å². The Morgan fingerprint density at radius 3 is 1.06 bits per heavy atom. The van der Waals surface area contributed by atoms with E-state index in [0.29, 0.717) is 12.8 Å². The van der Waals surface area contributed by atoms with Crippen molar-refractivity contribution in [2.24, 2.45) is 22.3 Å². The van der Waals surface area contributed by atoms with Gasteiger partial charge in [0.2, 0.25) is 0 Å². The zero-order chi connectivity index (χ0) is 37.0. The summed E-state index contributed by atoms with van der Waals surface area (Å²) in [6.45, 7) is -1.99. The fraction of sp³-hybridized carbons (Fsp3) is 0.714. The highest BCUT2D eigenvalue weighted by molar-refractivity contribution is 5.77. The monoisotopic (exact) mass is 692 g/mol. The van der Waals surface area contributed by atoms with Gasteiger partial charge in [0.15, 0.2) is 0 Å². The molecule has 0 spiro atoms. The molecule has 2 rings (SSSR count). The van der Waals surface area contributed by atoms with Gasteiger partial charge in [-0.05, 0) is 32.1 Å². The third-order valence-corrected chi connectivity index (χ3v) is 9.02. The van der Waals surface area contributed by atoms with Crippen LogP contribution in [0.5, 0.6) is 0 Å². The van der Waals surface area contributed by atoms with Crippen LogP contribution in [0.2, 0.25) is 0 Å². The first kappa shape index (κ1) is 41.6. The van der Waals surface area contributed by atoms with Crippen molar-refractivity contribution in [2.45, 2.75) is 88.4 Å². The standard InChI is InChI=1S/2C14H22N2O8/c15-14(16)3-1-2-12(4-8(17)18,5-9(19)20)13(14,6-10(21)22)7-11(23)24;17-11(18)5-15(6-12(19)20)9-3-1-2-4-10(9)16(7-13(21)22)8-14(23)24/h1-7,15-16H2,(H,17,18)(H,19,20)(H,21,22)(H,23,24);9-10H,1-8H2,(H,17,18)(H,19,20)(H,21,22)(H,23,24)/t;9-,10-/m.1/s1. The van der Waals surface area contributed by atoms with Gasteiger partial charge in [0.05, 0.1) is 57.5 Å². The normalized spacial score (nSPS) is 20.9. The predicted octanol–water partition coefficient (Wildman–Crippen LogP) is -1.10. The van der Waals surface area contributed by atoms with E-state index in [1.54, 1.807) is 0 Å². The quantitative estimate of drug-likeness (QED) is 0.0761. The molecule has 0 aromatic carbocycles. The van der Waals surface area contributed by atoms with Crippen LogP contribution in [-0.4, -0.2) is 142 Å². The molecule has 0 amide bonds. The predicted molar refractivity (Wildman–Crippen MR) is 159 cm³/mol. The van der Waals surface area contributed by atoms with Crippen LogP contribution in [0.25, 0.3) is 0 Å². The third-order valence-electron chi connectivity index (χ3n) is 9.02. The molecule has 48 heavy (non-hydrogen) atoms. The summed E-state index contributed by atoms with van der Waals surface area (Å²) < 4.78 is 0. The molecular formula is C28H44N4O16. The summed E-state index contributed by atoms with van der Waals surface area (Å²) in [5, 5.41) is 73.1. The van der Waals surface area contributed by atoms with Gasteiger partial charge < -0.3 is 52.3 Å². The van der Waals surface area contributed by atoms with Crippen molar-refractivity contribution in [3.63, 3.8) is 0 Å². The van der Waals surface area contributed by atoms with Crippen LogP contribution in [0.3, 0.4) is 0 Å². The molecule has 2 fully saturated rings. The van der Waals surface area contributed by atoms with Crippen molar-refractivity contribution in [1.82, 2.24) is 9.80 Å². The van der Waals surface area contributed by atoms with Gasteiger partial charge in [0, 0.05) is 22.9 Å². The van der Waals surface area contributed by atoms with Crippen LogP contribution in [0.15, 0.2) is 0 Å². The van der Waals surface area contributed by atoms with E-state index in [1.807, 2.05) is 0 Å². The maximum absolute atomic E-state index is 11.4. The Morgan fingerprint density at radius 1 is 0.479 bits per heavy atom. The minimum Gasteiger partial charge on any atom is -0.481 e. The van der Waals surface area contributed by atoms with Gasteiger partial charge in [0.1, 0.15) is 0 Å². The number of hydrogen-bond acceptors (Lipinski definition) is 12. The molecular weight excluding hydrogens is 648 g/mol. The molecule has 2 aliphatic carbocycles. The molecule has 12 N–H and O–H groups in total. The van der Waals surface area contributed by atoms with E-state index in [-0.39, 0.29) is 19.3 Å². The lowest BCUT2D eigenvalue weighted by atomic mass is 9.46. The highest BCUT2D eigenvalue weighted by atomic mass is 16.4. The van der Waals surface area contributed by atoms with Crippen LogP contribution in [0.4, 0.5) is 0 Å². The van der Waals surface area contributed by atoms with Gasteiger partial charge >= 0.3 is 47.8 Å². The van der Waals surface area contributed by atoms with E-state index >= 15 is 0 Å². The summed E-state index contributed by atoms with van der Waals surface area (Å²) >= 11 is 0. The largest absolute Gasteiger partial charge is 0.481 e. The van der Waals surface area contributed by atoms with Crippen molar-refractivity contribution in [1.29, 1.82) is 0 Å². The molecule has 0 saturated heterocycles. The number of nitrogens with two attached hydrogens (primary N) is 2. The maximum atomic E-state index is 11.4. The van der Waals surface area contributed by atoms with Gasteiger partial charge in [-0.1, -0.05) is 12.8 Å². The van der Waals surface area contributed by atoms with E-state index < -0.39 is 128 Å². The van der Waals surface area contributed by atoms with E-state index in [1.165, 1.54) is 9.80 Å². The molecule has 0 aliphatic heterocycles. The van der Waals surface area contributed by atoms with Crippen LogP contribution in [-0.2, 0) is 38.4 Å². The van der Waals surface area contributed by atoms with E-state index in [2.05, 4.69) is 0 Å². The number of hydrogen-bond donors (Lipinski definition) is 10. The molecule has 2 atom stereocenters. The molecule has 0 radical (unpaired) electrons. The van der Waals surface area contributed by atoms with Crippen molar-refractivity contribution in [2.75, 3.05) is 26.2 Å². The molecule has 0 bridgehead atoms. The van der Waals surface area contributed by atoms with Crippen molar-refractivity contribution in [3.8, 4) is 0 Å². The SMILES string of the molecule is NC1(N)CCCC(CC(=O)O)(CC(=O)O)C1(CC(=O)O)CC(=O)O.O=C(O)CN(CC(=O)O)[C@@H]1CCCC[C@H]1N(CC(=O)O)CC(=O)O. The lowest BCUT2D eigenvalue weighted by Crippen LogP contribution is -2.72. The summed E-state index contributed by atoms with van der Waals surface area (Å²) in [4.78, 5) is 92.2. The summed E-state index contributed by atoms with van der Waals surface area (Å²) in [6.07, 6.45) is -0.297. The Bertz CT molecular complexity index is 1130. The molecule has 0 unspecified atom stereocenters. The molecule has 20 nitrogen and oxygen atoms in total. The molecule has 272 valence electrons. The van der Waals surface area contributed by atoms with Crippen LogP contribution in [0.1, 0.15) is 70.6 Å². The first-order valence-corrected chi connectivity index (χ1v) is 14.9. The second-order valence-electron chi connectivity index (χ2n) is 12.3. The number of nitrogens with zero attached hydrogens (tertiary/aromatic N) is 2. The fourth-order valence-electron chi connectivity index (χ4n) is 7.35. The number of carbonyl (C=O) groups is 8.